The van der Waals surface area contributed by atoms with Crippen LogP contribution in [-0.2, 0) is 5.54 Å². The van der Waals surface area contributed by atoms with E-state index in [1.54, 1.807) is 7.11 Å². The van der Waals surface area contributed by atoms with E-state index in [0.717, 1.165) is 18.6 Å². The van der Waals surface area contributed by atoms with Crippen LogP contribution in [0.15, 0.2) is 24.3 Å². The van der Waals surface area contributed by atoms with E-state index in [-0.39, 0.29) is 5.54 Å². The largest absolute Gasteiger partial charge is 0.496 e. The standard InChI is InChI=1S/C15H21NO/c1-17-13-7-3-2-6-12(13)15(16)10-14(11-15)8-4-5-9-14/h2-3,6-7H,4-5,8-11,16H2,1H3. The van der Waals surface area contributed by atoms with Gasteiger partial charge in [0.2, 0.25) is 0 Å². The van der Waals surface area contributed by atoms with Gasteiger partial charge in [0.05, 0.1) is 7.11 Å². The van der Waals surface area contributed by atoms with Crippen LogP contribution < -0.4 is 10.5 Å². The molecule has 2 nitrogen and oxygen atoms in total. The third kappa shape index (κ3) is 1.66. The summed E-state index contributed by atoms with van der Waals surface area (Å²) < 4.78 is 5.44. The second kappa shape index (κ2) is 3.74. The van der Waals surface area contributed by atoms with Gasteiger partial charge in [-0.2, -0.15) is 0 Å². The van der Waals surface area contributed by atoms with Gasteiger partial charge < -0.3 is 10.5 Å². The van der Waals surface area contributed by atoms with Crippen LogP contribution in [0.5, 0.6) is 5.75 Å². The van der Waals surface area contributed by atoms with Gasteiger partial charge in [-0.15, -0.1) is 0 Å². The molecule has 0 atom stereocenters. The number of nitrogens with two attached hydrogens (primary N) is 1. The summed E-state index contributed by atoms with van der Waals surface area (Å²) >= 11 is 0. The first-order valence-corrected chi connectivity index (χ1v) is 6.60. The van der Waals surface area contributed by atoms with Crippen LogP contribution in [-0.4, -0.2) is 7.11 Å². The first kappa shape index (κ1) is 11.1. The van der Waals surface area contributed by atoms with Crippen molar-refractivity contribution < 1.29 is 4.74 Å². The summed E-state index contributed by atoms with van der Waals surface area (Å²) in [5.74, 6) is 0.947. The van der Waals surface area contributed by atoms with Crippen LogP contribution in [0.25, 0.3) is 0 Å². The van der Waals surface area contributed by atoms with Gasteiger partial charge in [0.25, 0.3) is 0 Å². The zero-order valence-corrected chi connectivity index (χ0v) is 10.5. The Morgan fingerprint density at radius 2 is 1.76 bits per heavy atom. The molecule has 17 heavy (non-hydrogen) atoms. The van der Waals surface area contributed by atoms with Gasteiger partial charge in [-0.1, -0.05) is 31.0 Å². The average molecular weight is 231 g/mol. The monoisotopic (exact) mass is 231 g/mol. The first-order valence-electron chi connectivity index (χ1n) is 6.60. The number of ether oxygens (including phenoxy) is 1. The van der Waals surface area contributed by atoms with E-state index in [1.165, 1.54) is 31.2 Å². The summed E-state index contributed by atoms with van der Waals surface area (Å²) in [7, 11) is 1.73. The zero-order chi connectivity index (χ0) is 11.9. The molecule has 0 bridgehead atoms. The van der Waals surface area contributed by atoms with Crippen molar-refractivity contribution in [3.63, 3.8) is 0 Å². The molecule has 0 aromatic heterocycles. The van der Waals surface area contributed by atoms with Crippen LogP contribution in [0.3, 0.4) is 0 Å². The summed E-state index contributed by atoms with van der Waals surface area (Å²) in [6.07, 6.45) is 7.81. The maximum absolute atomic E-state index is 6.58. The number of methoxy groups -OCH3 is 1. The van der Waals surface area contributed by atoms with Crippen molar-refractivity contribution in [2.45, 2.75) is 44.1 Å². The minimum absolute atomic E-state index is 0.142. The highest BCUT2D eigenvalue weighted by Crippen LogP contribution is 2.61. The molecule has 0 amide bonds. The maximum Gasteiger partial charge on any atom is 0.123 e. The molecule has 1 spiro atoms. The number of hydrogen-bond acceptors (Lipinski definition) is 2. The molecule has 0 unspecified atom stereocenters. The van der Waals surface area contributed by atoms with E-state index < -0.39 is 0 Å². The van der Waals surface area contributed by atoms with Crippen molar-refractivity contribution >= 4 is 0 Å². The summed E-state index contributed by atoms with van der Waals surface area (Å²) in [6.45, 7) is 0. The molecule has 3 rings (SSSR count). The lowest BCUT2D eigenvalue weighted by Gasteiger charge is -2.53. The van der Waals surface area contributed by atoms with Crippen molar-refractivity contribution in [1.29, 1.82) is 0 Å². The van der Waals surface area contributed by atoms with E-state index in [0.29, 0.717) is 5.41 Å². The molecular weight excluding hydrogens is 210 g/mol. The highest BCUT2D eigenvalue weighted by Gasteiger charge is 2.54. The normalized spacial score (nSPS) is 24.6. The van der Waals surface area contributed by atoms with E-state index >= 15 is 0 Å². The van der Waals surface area contributed by atoms with Crippen LogP contribution in [0.4, 0.5) is 0 Å². The molecule has 2 fully saturated rings. The van der Waals surface area contributed by atoms with Crippen molar-refractivity contribution in [2.75, 3.05) is 7.11 Å². The number of hydrogen-bond donors (Lipinski definition) is 1. The Kier molecular flexibility index (Phi) is 2.44. The zero-order valence-electron chi connectivity index (χ0n) is 10.5. The van der Waals surface area contributed by atoms with Gasteiger partial charge in [-0.3, -0.25) is 0 Å². The fraction of sp³-hybridized carbons (Fsp3) is 0.600. The van der Waals surface area contributed by atoms with Gasteiger partial charge in [0, 0.05) is 11.1 Å². The van der Waals surface area contributed by atoms with E-state index in [1.807, 2.05) is 12.1 Å². The lowest BCUT2D eigenvalue weighted by molar-refractivity contribution is 0.0297. The van der Waals surface area contributed by atoms with Crippen LogP contribution >= 0.6 is 0 Å². The van der Waals surface area contributed by atoms with E-state index in [2.05, 4.69) is 12.1 Å². The lowest BCUT2D eigenvalue weighted by Crippen LogP contribution is -2.54. The quantitative estimate of drug-likeness (QED) is 0.848. The third-order valence-corrected chi connectivity index (χ3v) is 4.69. The molecule has 2 saturated carbocycles. The van der Waals surface area contributed by atoms with Crippen LogP contribution in [0, 0.1) is 5.41 Å². The first-order chi connectivity index (χ1) is 8.18. The fourth-order valence-corrected chi connectivity index (χ4v) is 4.01. The molecule has 1 aromatic carbocycles. The molecule has 1 aromatic rings. The van der Waals surface area contributed by atoms with E-state index in [9.17, 15) is 0 Å². The van der Waals surface area contributed by atoms with Crippen molar-refractivity contribution in [1.82, 2.24) is 0 Å². The van der Waals surface area contributed by atoms with Gasteiger partial charge in [0.1, 0.15) is 5.75 Å². The van der Waals surface area contributed by atoms with Crippen molar-refractivity contribution in [3.05, 3.63) is 29.8 Å². The summed E-state index contributed by atoms with van der Waals surface area (Å²) in [4.78, 5) is 0. The third-order valence-electron chi connectivity index (χ3n) is 4.69. The average Bonchev–Trinajstić information content (AvgIpc) is 2.77. The molecule has 0 aliphatic heterocycles. The minimum Gasteiger partial charge on any atom is -0.496 e. The van der Waals surface area contributed by atoms with Gasteiger partial charge in [0.15, 0.2) is 0 Å². The Labute approximate surface area is 103 Å². The highest BCUT2D eigenvalue weighted by molar-refractivity contribution is 5.41. The van der Waals surface area contributed by atoms with Crippen molar-refractivity contribution in [2.24, 2.45) is 11.1 Å². The van der Waals surface area contributed by atoms with Crippen LogP contribution in [0.2, 0.25) is 0 Å². The van der Waals surface area contributed by atoms with Gasteiger partial charge >= 0.3 is 0 Å². The Balaban J connectivity index is 1.85. The number of benzene rings is 1. The summed E-state index contributed by atoms with van der Waals surface area (Å²) in [6, 6.07) is 8.21. The molecule has 0 saturated heterocycles. The maximum atomic E-state index is 6.58. The SMILES string of the molecule is COc1ccccc1C1(N)CC2(CCCC2)C1. The molecule has 2 N–H and O–H groups in total. The molecule has 2 heteroatoms. The molecule has 0 radical (unpaired) electrons. The molecule has 2 aliphatic rings. The second-order valence-corrected chi connectivity index (χ2v) is 5.92. The summed E-state index contributed by atoms with van der Waals surface area (Å²) in [5, 5.41) is 0. The number of para-hydroxylation sites is 1. The smallest absolute Gasteiger partial charge is 0.123 e. The fourth-order valence-electron chi connectivity index (χ4n) is 4.01. The molecule has 0 heterocycles. The van der Waals surface area contributed by atoms with Crippen LogP contribution in [0.1, 0.15) is 44.1 Å². The van der Waals surface area contributed by atoms with Gasteiger partial charge in [-0.05, 0) is 37.2 Å². The van der Waals surface area contributed by atoms with Gasteiger partial charge in [-0.25, -0.2) is 0 Å². The topological polar surface area (TPSA) is 35.2 Å². The Morgan fingerprint density at radius 3 is 2.41 bits per heavy atom. The molecular formula is C15H21NO. The predicted octanol–water partition coefficient (Wildman–Crippen LogP) is 3.20. The number of rotatable bonds is 2. The predicted molar refractivity (Wildman–Crippen MR) is 69.0 cm³/mol. The highest BCUT2D eigenvalue weighted by atomic mass is 16.5. The Morgan fingerprint density at radius 1 is 1.12 bits per heavy atom. The summed E-state index contributed by atoms with van der Waals surface area (Å²) in [5.41, 5.74) is 8.19. The molecule has 92 valence electrons. The van der Waals surface area contributed by atoms with E-state index in [4.69, 9.17) is 10.5 Å². The molecule has 2 aliphatic carbocycles. The Bertz CT molecular complexity index is 413. The minimum atomic E-state index is -0.142. The second-order valence-electron chi connectivity index (χ2n) is 5.92. The Hall–Kier alpha value is -1.02. The van der Waals surface area contributed by atoms with Crippen molar-refractivity contribution in [3.8, 4) is 5.75 Å². The lowest BCUT2D eigenvalue weighted by atomic mass is 9.54.